The first kappa shape index (κ1) is 10.7. The molecule has 1 aromatic heterocycles. The summed E-state index contributed by atoms with van der Waals surface area (Å²) in [4.78, 5) is 0. The minimum atomic E-state index is 0.0319. The van der Waals surface area contributed by atoms with Gasteiger partial charge in [0.1, 0.15) is 5.75 Å². The van der Waals surface area contributed by atoms with Gasteiger partial charge in [-0.15, -0.1) is 0 Å². The summed E-state index contributed by atoms with van der Waals surface area (Å²) >= 11 is 0. The van der Waals surface area contributed by atoms with Crippen molar-refractivity contribution >= 4 is 0 Å². The van der Waals surface area contributed by atoms with E-state index < -0.39 is 0 Å². The number of benzene rings is 1. The molecule has 0 aliphatic carbocycles. The highest BCUT2D eigenvalue weighted by Crippen LogP contribution is 2.28. The maximum atomic E-state index is 9.77. The molecular formula is C12H15N3O. The summed E-state index contributed by atoms with van der Waals surface area (Å²) in [7, 11) is 0. The molecule has 1 aromatic carbocycles. The van der Waals surface area contributed by atoms with E-state index in [1.54, 1.807) is 23.0 Å². The molecule has 4 heteroatoms. The molecule has 84 valence electrons. The summed E-state index contributed by atoms with van der Waals surface area (Å²) in [5.41, 5.74) is 7.41. The van der Waals surface area contributed by atoms with Crippen LogP contribution in [-0.2, 0) is 6.54 Å². The summed E-state index contributed by atoms with van der Waals surface area (Å²) in [5.74, 6) is 0.258. The molecule has 0 amide bonds. The Labute approximate surface area is 94.3 Å². The predicted molar refractivity (Wildman–Crippen MR) is 63.0 cm³/mol. The number of nitrogens with two attached hydrogens (primary N) is 1. The smallest absolute Gasteiger partial charge is 0.124 e. The van der Waals surface area contributed by atoms with Crippen LogP contribution in [0.25, 0.3) is 11.3 Å². The average Bonchev–Trinajstić information content (AvgIpc) is 2.66. The summed E-state index contributed by atoms with van der Waals surface area (Å²) in [5, 5.41) is 14.0. The highest BCUT2D eigenvalue weighted by Gasteiger charge is 2.09. The number of aromatic hydroxyl groups is 1. The number of hydrogen-bond donors (Lipinski definition) is 2. The molecule has 0 spiro atoms. The Hall–Kier alpha value is -1.81. The van der Waals surface area contributed by atoms with Gasteiger partial charge in [-0.3, -0.25) is 4.68 Å². The van der Waals surface area contributed by atoms with E-state index in [1.807, 2.05) is 25.1 Å². The molecule has 16 heavy (non-hydrogen) atoms. The van der Waals surface area contributed by atoms with Crippen molar-refractivity contribution in [1.29, 1.82) is 0 Å². The number of rotatable bonds is 3. The predicted octanol–water partition coefficient (Wildman–Crippen LogP) is 1.60. The zero-order chi connectivity index (χ0) is 11.5. The van der Waals surface area contributed by atoms with Gasteiger partial charge in [-0.2, -0.15) is 5.10 Å². The van der Waals surface area contributed by atoms with Gasteiger partial charge >= 0.3 is 0 Å². The van der Waals surface area contributed by atoms with E-state index in [9.17, 15) is 5.11 Å². The van der Waals surface area contributed by atoms with Gasteiger partial charge in [-0.25, -0.2) is 0 Å². The van der Waals surface area contributed by atoms with Crippen LogP contribution in [0.1, 0.15) is 6.92 Å². The van der Waals surface area contributed by atoms with Crippen LogP contribution in [0.5, 0.6) is 5.75 Å². The van der Waals surface area contributed by atoms with Crippen molar-refractivity contribution in [3.05, 3.63) is 36.5 Å². The van der Waals surface area contributed by atoms with Crippen LogP contribution >= 0.6 is 0 Å². The molecule has 0 bridgehead atoms. The Kier molecular flexibility index (Phi) is 2.92. The third-order valence-electron chi connectivity index (χ3n) is 2.36. The van der Waals surface area contributed by atoms with Crippen LogP contribution in [0.15, 0.2) is 36.5 Å². The molecule has 0 fully saturated rings. The fourth-order valence-electron chi connectivity index (χ4n) is 1.67. The fourth-order valence-corrected chi connectivity index (χ4v) is 1.67. The first-order valence-corrected chi connectivity index (χ1v) is 5.24. The van der Waals surface area contributed by atoms with Crippen molar-refractivity contribution in [3.8, 4) is 17.0 Å². The molecule has 2 aromatic rings. The van der Waals surface area contributed by atoms with Crippen molar-refractivity contribution in [2.75, 3.05) is 0 Å². The van der Waals surface area contributed by atoms with E-state index >= 15 is 0 Å². The van der Waals surface area contributed by atoms with Crippen molar-refractivity contribution in [1.82, 2.24) is 9.78 Å². The van der Waals surface area contributed by atoms with Crippen molar-refractivity contribution < 1.29 is 5.11 Å². The van der Waals surface area contributed by atoms with Crippen LogP contribution in [-0.4, -0.2) is 20.9 Å². The summed E-state index contributed by atoms with van der Waals surface area (Å²) in [6.07, 6.45) is 1.71. The minimum Gasteiger partial charge on any atom is -0.507 e. The van der Waals surface area contributed by atoms with Gasteiger partial charge in [-0.1, -0.05) is 12.1 Å². The zero-order valence-electron chi connectivity index (χ0n) is 9.17. The third-order valence-corrected chi connectivity index (χ3v) is 2.36. The lowest BCUT2D eigenvalue weighted by atomic mass is 10.1. The number of para-hydroxylation sites is 1. The van der Waals surface area contributed by atoms with Crippen LogP contribution in [0.3, 0.4) is 0 Å². The summed E-state index contributed by atoms with van der Waals surface area (Å²) in [6, 6.07) is 9.12. The average molecular weight is 217 g/mol. The van der Waals surface area contributed by atoms with Gasteiger partial charge in [0.2, 0.25) is 0 Å². The molecule has 1 unspecified atom stereocenters. The molecule has 0 saturated heterocycles. The van der Waals surface area contributed by atoms with Gasteiger partial charge in [0.05, 0.1) is 12.2 Å². The summed E-state index contributed by atoms with van der Waals surface area (Å²) < 4.78 is 1.81. The number of phenolic OH excluding ortho intramolecular Hbond substituents is 1. The van der Waals surface area contributed by atoms with Crippen LogP contribution in [0, 0.1) is 0 Å². The van der Waals surface area contributed by atoms with Crippen molar-refractivity contribution in [2.24, 2.45) is 5.73 Å². The lowest BCUT2D eigenvalue weighted by Gasteiger charge is -2.10. The number of hydrogen-bond acceptors (Lipinski definition) is 3. The molecule has 1 atom stereocenters. The van der Waals surface area contributed by atoms with Gasteiger partial charge in [-0.05, 0) is 25.1 Å². The van der Waals surface area contributed by atoms with Crippen LogP contribution < -0.4 is 5.73 Å². The van der Waals surface area contributed by atoms with Crippen molar-refractivity contribution in [3.63, 3.8) is 0 Å². The second-order valence-corrected chi connectivity index (χ2v) is 3.89. The van der Waals surface area contributed by atoms with Crippen molar-refractivity contribution in [2.45, 2.75) is 19.5 Å². The Balaban J connectivity index is 2.41. The van der Waals surface area contributed by atoms with E-state index in [0.29, 0.717) is 6.54 Å². The molecule has 0 aliphatic rings. The standard InChI is InChI=1S/C12H15N3O/c1-9(13)8-15-11(6-7-14-15)10-4-2-3-5-12(10)16/h2-7,9,16H,8,13H2,1H3. The molecule has 1 heterocycles. The number of nitrogens with zero attached hydrogens (tertiary/aromatic N) is 2. The molecule has 2 rings (SSSR count). The molecule has 0 aliphatic heterocycles. The Bertz CT molecular complexity index is 477. The molecular weight excluding hydrogens is 202 g/mol. The van der Waals surface area contributed by atoms with E-state index in [1.165, 1.54) is 0 Å². The fraction of sp³-hybridized carbons (Fsp3) is 0.250. The van der Waals surface area contributed by atoms with E-state index in [4.69, 9.17) is 5.73 Å². The van der Waals surface area contributed by atoms with Gasteiger partial charge in [0, 0.05) is 17.8 Å². The lowest BCUT2D eigenvalue weighted by Crippen LogP contribution is -2.23. The molecule has 0 saturated carbocycles. The third kappa shape index (κ3) is 2.06. The zero-order valence-corrected chi connectivity index (χ0v) is 9.17. The highest BCUT2D eigenvalue weighted by molar-refractivity contribution is 5.66. The first-order chi connectivity index (χ1) is 7.68. The maximum Gasteiger partial charge on any atom is 0.124 e. The van der Waals surface area contributed by atoms with E-state index in [0.717, 1.165) is 11.3 Å². The second kappa shape index (κ2) is 4.37. The number of aromatic nitrogens is 2. The Morgan fingerprint density at radius 2 is 2.12 bits per heavy atom. The molecule has 4 nitrogen and oxygen atoms in total. The molecule has 0 radical (unpaired) electrons. The number of phenols is 1. The maximum absolute atomic E-state index is 9.77. The molecule has 3 N–H and O–H groups in total. The topological polar surface area (TPSA) is 64.1 Å². The van der Waals surface area contributed by atoms with Gasteiger partial charge in [0.25, 0.3) is 0 Å². The monoisotopic (exact) mass is 217 g/mol. The minimum absolute atomic E-state index is 0.0319. The second-order valence-electron chi connectivity index (χ2n) is 3.89. The lowest BCUT2D eigenvalue weighted by molar-refractivity contribution is 0.475. The quantitative estimate of drug-likeness (QED) is 0.820. The van der Waals surface area contributed by atoms with E-state index in [-0.39, 0.29) is 11.8 Å². The first-order valence-electron chi connectivity index (χ1n) is 5.24. The SMILES string of the molecule is CC(N)Cn1nccc1-c1ccccc1O. The highest BCUT2D eigenvalue weighted by atomic mass is 16.3. The Morgan fingerprint density at radius 3 is 2.81 bits per heavy atom. The normalized spacial score (nSPS) is 12.6. The van der Waals surface area contributed by atoms with Crippen LogP contribution in [0.4, 0.5) is 0 Å². The van der Waals surface area contributed by atoms with Gasteiger partial charge < -0.3 is 10.8 Å². The Morgan fingerprint density at radius 1 is 1.38 bits per heavy atom. The largest absolute Gasteiger partial charge is 0.507 e. The van der Waals surface area contributed by atoms with Crippen LogP contribution in [0.2, 0.25) is 0 Å². The van der Waals surface area contributed by atoms with Gasteiger partial charge in [0.15, 0.2) is 0 Å². The summed E-state index contributed by atoms with van der Waals surface area (Å²) in [6.45, 7) is 2.56. The van der Waals surface area contributed by atoms with E-state index in [2.05, 4.69) is 5.10 Å².